The molecule has 0 saturated carbocycles. The molecule has 0 aliphatic carbocycles. The van der Waals surface area contributed by atoms with Gasteiger partial charge in [0.15, 0.2) is 6.04 Å². The van der Waals surface area contributed by atoms with Crippen LogP contribution in [0.3, 0.4) is 0 Å². The first-order valence-electron chi connectivity index (χ1n) is 8.02. The first kappa shape index (κ1) is 17.3. The van der Waals surface area contributed by atoms with E-state index in [1.54, 1.807) is 0 Å². The highest BCUT2D eigenvalue weighted by molar-refractivity contribution is 5.54. The van der Waals surface area contributed by atoms with Crippen LogP contribution < -0.4 is 5.32 Å². The maximum absolute atomic E-state index is 13.5. The van der Waals surface area contributed by atoms with E-state index in [0.29, 0.717) is 0 Å². The smallest absolute Gasteiger partial charge is 0.362 e. The Labute approximate surface area is 144 Å². The number of nitrogens with one attached hydrogen (secondary N) is 1. The molecule has 1 N–H and O–H groups in total. The number of alkyl halides is 3. The summed E-state index contributed by atoms with van der Waals surface area (Å²) < 4.78 is 41.3. The zero-order valence-corrected chi connectivity index (χ0v) is 14.2. The van der Waals surface area contributed by atoms with Crippen molar-refractivity contribution in [1.82, 2.24) is 9.78 Å². The third-order valence-corrected chi connectivity index (χ3v) is 4.54. The van der Waals surface area contributed by atoms with Gasteiger partial charge in [0, 0.05) is 6.42 Å². The lowest BCUT2D eigenvalue weighted by atomic mass is 9.85. The van der Waals surface area contributed by atoms with Gasteiger partial charge in [-0.05, 0) is 16.5 Å². The molecule has 0 fully saturated rings. The summed E-state index contributed by atoms with van der Waals surface area (Å²) in [5, 5.41) is 15.9. The van der Waals surface area contributed by atoms with Crippen LogP contribution in [0, 0.1) is 11.3 Å². The lowest BCUT2D eigenvalue weighted by Crippen LogP contribution is -2.35. The van der Waals surface area contributed by atoms with Crippen LogP contribution in [0.15, 0.2) is 30.5 Å². The lowest BCUT2D eigenvalue weighted by Gasteiger charge is -2.34. The Balaban J connectivity index is 1.98. The van der Waals surface area contributed by atoms with Crippen molar-refractivity contribution in [1.29, 1.82) is 5.26 Å². The molecule has 0 bridgehead atoms. The van der Waals surface area contributed by atoms with Crippen LogP contribution in [-0.2, 0) is 5.41 Å². The molecule has 2 aromatic rings. The van der Waals surface area contributed by atoms with Crippen molar-refractivity contribution in [2.24, 2.45) is 0 Å². The van der Waals surface area contributed by atoms with Crippen LogP contribution in [0.5, 0.6) is 0 Å². The first-order chi connectivity index (χ1) is 11.6. The fraction of sp³-hybridized carbons (Fsp3) is 0.444. The van der Waals surface area contributed by atoms with E-state index in [4.69, 9.17) is 5.26 Å². The summed E-state index contributed by atoms with van der Waals surface area (Å²) in [6.07, 6.45) is -3.43. The number of benzene rings is 1. The fourth-order valence-corrected chi connectivity index (χ4v) is 3.08. The van der Waals surface area contributed by atoms with E-state index in [0.717, 1.165) is 15.8 Å². The van der Waals surface area contributed by atoms with Crippen molar-refractivity contribution in [3.8, 4) is 6.07 Å². The number of hydrogen-bond acceptors (Lipinski definition) is 3. The van der Waals surface area contributed by atoms with Crippen molar-refractivity contribution < 1.29 is 13.2 Å². The zero-order chi connectivity index (χ0) is 18.4. The standard InChI is InChI=1S/C18H19F3N4/c1-17(2,3)13-6-4-11(5-7-13)14-8-15(18(19,20)21)25-16(24-14)12(9-22)10-23-25/h4-7,10,14-15,24H,8H2,1-3H3/t14-,15+/m0/s1. The highest BCUT2D eigenvalue weighted by Gasteiger charge is 2.46. The Hall–Kier alpha value is -2.49. The molecule has 0 spiro atoms. The molecular formula is C18H19F3N4. The molecule has 0 saturated heterocycles. The van der Waals surface area contributed by atoms with Gasteiger partial charge in [-0.15, -0.1) is 0 Å². The van der Waals surface area contributed by atoms with E-state index < -0.39 is 18.3 Å². The number of rotatable bonds is 1. The molecule has 3 rings (SSSR count). The van der Waals surface area contributed by atoms with Gasteiger partial charge in [0.2, 0.25) is 0 Å². The number of nitrogens with zero attached hydrogens (tertiary/aromatic N) is 3. The molecule has 132 valence electrons. The molecular weight excluding hydrogens is 329 g/mol. The predicted molar refractivity (Wildman–Crippen MR) is 88.2 cm³/mol. The van der Waals surface area contributed by atoms with Crippen molar-refractivity contribution in [3.05, 3.63) is 47.2 Å². The van der Waals surface area contributed by atoms with Crippen molar-refractivity contribution in [2.45, 2.75) is 50.9 Å². The molecule has 2 atom stereocenters. The van der Waals surface area contributed by atoms with Gasteiger partial charge in [0.1, 0.15) is 17.5 Å². The number of fused-ring (bicyclic) bond motifs is 1. The van der Waals surface area contributed by atoms with E-state index >= 15 is 0 Å². The van der Waals surface area contributed by atoms with Crippen LogP contribution in [0.2, 0.25) is 0 Å². The van der Waals surface area contributed by atoms with Gasteiger partial charge in [0.05, 0.1) is 12.2 Å². The van der Waals surface area contributed by atoms with Crippen LogP contribution in [0.1, 0.15) is 56.0 Å². The third-order valence-electron chi connectivity index (χ3n) is 4.54. The summed E-state index contributed by atoms with van der Waals surface area (Å²) in [5.41, 5.74) is 1.96. The molecule has 1 aliphatic heterocycles. The molecule has 7 heteroatoms. The SMILES string of the molecule is CC(C)(C)c1ccc([C@@H]2C[C@H](C(F)(F)F)n3ncc(C#N)c3N2)cc1. The van der Waals surface area contributed by atoms with Crippen molar-refractivity contribution >= 4 is 5.82 Å². The Morgan fingerprint density at radius 1 is 1.20 bits per heavy atom. The maximum Gasteiger partial charge on any atom is 0.410 e. The zero-order valence-electron chi connectivity index (χ0n) is 14.2. The minimum Gasteiger partial charge on any atom is -0.362 e. The second kappa shape index (κ2) is 5.80. The molecule has 4 nitrogen and oxygen atoms in total. The van der Waals surface area contributed by atoms with E-state index in [2.05, 4.69) is 31.2 Å². The minimum atomic E-state index is -4.43. The van der Waals surface area contributed by atoms with Gasteiger partial charge in [-0.1, -0.05) is 45.0 Å². The quantitative estimate of drug-likeness (QED) is 0.812. The Bertz CT molecular complexity index is 807. The molecule has 1 aliphatic rings. The number of nitriles is 1. The average Bonchev–Trinajstić information content (AvgIpc) is 2.95. The first-order valence-corrected chi connectivity index (χ1v) is 8.02. The summed E-state index contributed by atoms with van der Waals surface area (Å²) in [6, 6.07) is 7.20. The van der Waals surface area contributed by atoms with Crippen molar-refractivity contribution in [3.63, 3.8) is 0 Å². The summed E-state index contributed by atoms with van der Waals surface area (Å²) in [4.78, 5) is 0. The molecule has 0 amide bonds. The average molecular weight is 348 g/mol. The van der Waals surface area contributed by atoms with Crippen LogP contribution >= 0.6 is 0 Å². The number of aromatic nitrogens is 2. The van der Waals surface area contributed by atoms with Gasteiger partial charge in [-0.3, -0.25) is 0 Å². The van der Waals surface area contributed by atoms with Gasteiger partial charge >= 0.3 is 6.18 Å². The predicted octanol–water partition coefficient (Wildman–Crippen LogP) is 4.71. The van der Waals surface area contributed by atoms with Crippen LogP contribution in [-0.4, -0.2) is 16.0 Å². The molecule has 0 unspecified atom stereocenters. The maximum atomic E-state index is 13.5. The third kappa shape index (κ3) is 3.21. The van der Waals surface area contributed by atoms with E-state index in [9.17, 15) is 13.2 Å². The highest BCUT2D eigenvalue weighted by Crippen LogP contribution is 2.44. The van der Waals surface area contributed by atoms with Gasteiger partial charge < -0.3 is 5.32 Å². The van der Waals surface area contributed by atoms with E-state index in [-0.39, 0.29) is 23.2 Å². The second-order valence-corrected chi connectivity index (χ2v) is 7.33. The largest absolute Gasteiger partial charge is 0.410 e. The number of anilines is 1. The van der Waals surface area contributed by atoms with Gasteiger partial charge in [-0.2, -0.15) is 23.5 Å². The molecule has 0 radical (unpaired) electrons. The highest BCUT2D eigenvalue weighted by atomic mass is 19.4. The van der Waals surface area contributed by atoms with E-state index in [1.807, 2.05) is 30.3 Å². The summed E-state index contributed by atoms with van der Waals surface area (Å²) >= 11 is 0. The molecule has 1 aromatic heterocycles. The normalized spacial score (nSPS) is 20.5. The Morgan fingerprint density at radius 2 is 1.84 bits per heavy atom. The topological polar surface area (TPSA) is 53.6 Å². The summed E-state index contributed by atoms with van der Waals surface area (Å²) in [7, 11) is 0. The van der Waals surface area contributed by atoms with Crippen molar-refractivity contribution in [2.75, 3.05) is 5.32 Å². The number of halogens is 3. The molecule has 2 heterocycles. The van der Waals surface area contributed by atoms with Gasteiger partial charge in [-0.25, -0.2) is 4.68 Å². The van der Waals surface area contributed by atoms with Crippen LogP contribution in [0.4, 0.5) is 19.0 Å². The summed E-state index contributed by atoms with van der Waals surface area (Å²) in [5.74, 6) is 0.126. The Kier molecular flexibility index (Phi) is 4.02. The second-order valence-electron chi connectivity index (χ2n) is 7.33. The lowest BCUT2D eigenvalue weighted by molar-refractivity contribution is -0.173. The summed E-state index contributed by atoms with van der Waals surface area (Å²) in [6.45, 7) is 6.24. The fourth-order valence-electron chi connectivity index (χ4n) is 3.08. The molecule has 25 heavy (non-hydrogen) atoms. The monoisotopic (exact) mass is 348 g/mol. The molecule has 1 aromatic carbocycles. The van der Waals surface area contributed by atoms with E-state index in [1.165, 1.54) is 6.20 Å². The van der Waals surface area contributed by atoms with Crippen LogP contribution in [0.25, 0.3) is 0 Å². The number of hydrogen-bond donors (Lipinski definition) is 1. The minimum absolute atomic E-state index is 0.0281. The Morgan fingerprint density at radius 3 is 2.36 bits per heavy atom. The van der Waals surface area contributed by atoms with Gasteiger partial charge in [0.25, 0.3) is 0 Å².